The summed E-state index contributed by atoms with van der Waals surface area (Å²) in [6.07, 6.45) is 6.51. The fraction of sp³-hybridized carbons (Fsp3) is 1.00. The summed E-state index contributed by atoms with van der Waals surface area (Å²) >= 11 is 0. The third-order valence-electron chi connectivity index (χ3n) is 6.60. The Morgan fingerprint density at radius 3 is 2.74 bits per heavy atom. The van der Waals surface area contributed by atoms with E-state index in [2.05, 4.69) is 29.4 Å². The van der Waals surface area contributed by atoms with Crippen molar-refractivity contribution in [2.24, 2.45) is 23.7 Å². The van der Waals surface area contributed by atoms with Gasteiger partial charge in [0.25, 0.3) is 0 Å². The molecule has 2 aliphatic heterocycles. The summed E-state index contributed by atoms with van der Waals surface area (Å²) in [5, 5.41) is 7.55. The predicted molar refractivity (Wildman–Crippen MR) is 77.9 cm³/mol. The van der Waals surface area contributed by atoms with E-state index in [0.717, 1.165) is 35.8 Å². The third-order valence-corrected chi connectivity index (χ3v) is 6.60. The van der Waals surface area contributed by atoms with Gasteiger partial charge in [-0.25, -0.2) is 0 Å². The Hall–Kier alpha value is -0.120. The molecule has 2 heterocycles. The van der Waals surface area contributed by atoms with Gasteiger partial charge in [0.15, 0.2) is 0 Å². The molecule has 2 bridgehead atoms. The number of piperidine rings is 1. The molecule has 108 valence electrons. The average Bonchev–Trinajstić information content (AvgIpc) is 2.71. The van der Waals surface area contributed by atoms with Crippen LogP contribution in [0.4, 0.5) is 0 Å². The molecule has 3 nitrogen and oxygen atoms in total. The van der Waals surface area contributed by atoms with Gasteiger partial charge in [-0.3, -0.25) is 10.2 Å². The quantitative estimate of drug-likeness (QED) is 0.753. The van der Waals surface area contributed by atoms with Crippen LogP contribution in [-0.4, -0.2) is 42.8 Å². The SMILES string of the molecule is CCN1C(C)NC2CC3CC4CNCC(C4)C3CC21. The summed E-state index contributed by atoms with van der Waals surface area (Å²) in [4.78, 5) is 2.71. The zero-order chi connectivity index (χ0) is 13.0. The molecule has 2 aliphatic carbocycles. The maximum Gasteiger partial charge on any atom is 0.0573 e. The minimum atomic E-state index is 0.595. The number of hydrogen-bond acceptors (Lipinski definition) is 3. The topological polar surface area (TPSA) is 27.3 Å². The van der Waals surface area contributed by atoms with Gasteiger partial charge in [-0.2, -0.15) is 0 Å². The molecule has 0 radical (unpaired) electrons. The van der Waals surface area contributed by atoms with Crippen LogP contribution in [0.5, 0.6) is 0 Å². The summed E-state index contributed by atoms with van der Waals surface area (Å²) in [6, 6.07) is 1.60. The molecular formula is C16H29N3. The van der Waals surface area contributed by atoms with Gasteiger partial charge in [-0.15, -0.1) is 0 Å². The molecule has 4 rings (SSSR count). The molecule has 4 fully saturated rings. The molecule has 0 aromatic heterocycles. The lowest BCUT2D eigenvalue weighted by Gasteiger charge is -2.51. The zero-order valence-corrected chi connectivity index (χ0v) is 12.4. The second-order valence-corrected chi connectivity index (χ2v) is 7.50. The Bertz CT molecular complexity index is 345. The van der Waals surface area contributed by atoms with Crippen molar-refractivity contribution in [2.45, 2.75) is 57.8 Å². The summed E-state index contributed by atoms with van der Waals surface area (Å²) < 4.78 is 0. The van der Waals surface area contributed by atoms with Crippen LogP contribution in [0.25, 0.3) is 0 Å². The maximum absolute atomic E-state index is 3.87. The highest BCUT2D eigenvalue weighted by Crippen LogP contribution is 2.49. The standard InChI is InChI=1S/C16H29N3/c1-3-19-10(2)18-15-6-12-4-11-5-13(9-17-8-11)14(12)7-16(15)19/h10-18H,3-9H2,1-2H3. The van der Waals surface area contributed by atoms with Crippen molar-refractivity contribution in [3.63, 3.8) is 0 Å². The van der Waals surface area contributed by atoms with Gasteiger partial charge in [-0.05, 0) is 75.9 Å². The van der Waals surface area contributed by atoms with Crippen LogP contribution >= 0.6 is 0 Å². The van der Waals surface area contributed by atoms with Gasteiger partial charge in [0, 0.05) is 12.1 Å². The molecule has 3 heteroatoms. The van der Waals surface area contributed by atoms with E-state index in [-0.39, 0.29) is 0 Å². The zero-order valence-electron chi connectivity index (χ0n) is 12.4. The van der Waals surface area contributed by atoms with Crippen molar-refractivity contribution in [2.75, 3.05) is 19.6 Å². The molecule has 0 amide bonds. The lowest BCUT2D eigenvalue weighted by Crippen LogP contribution is -2.53. The van der Waals surface area contributed by atoms with E-state index < -0.39 is 0 Å². The maximum atomic E-state index is 3.87. The summed E-state index contributed by atoms with van der Waals surface area (Å²) in [7, 11) is 0. The fourth-order valence-electron chi connectivity index (χ4n) is 5.89. The van der Waals surface area contributed by atoms with Gasteiger partial charge in [-0.1, -0.05) is 6.92 Å². The first kappa shape index (κ1) is 12.6. The minimum absolute atomic E-state index is 0.595. The molecule has 7 atom stereocenters. The van der Waals surface area contributed by atoms with Gasteiger partial charge in [0.1, 0.15) is 0 Å². The van der Waals surface area contributed by atoms with Crippen LogP contribution in [0.15, 0.2) is 0 Å². The number of rotatable bonds is 1. The molecular weight excluding hydrogens is 234 g/mol. The van der Waals surface area contributed by atoms with E-state index in [4.69, 9.17) is 0 Å². The number of likely N-dealkylation sites (N-methyl/N-ethyl adjacent to an activating group) is 1. The van der Waals surface area contributed by atoms with Gasteiger partial charge >= 0.3 is 0 Å². The number of hydrogen-bond donors (Lipinski definition) is 2. The lowest BCUT2D eigenvalue weighted by molar-refractivity contribution is 0.0122. The molecule has 2 N–H and O–H groups in total. The molecule has 19 heavy (non-hydrogen) atoms. The van der Waals surface area contributed by atoms with Crippen LogP contribution < -0.4 is 10.6 Å². The van der Waals surface area contributed by atoms with Crippen molar-refractivity contribution in [1.82, 2.24) is 15.5 Å². The molecule has 4 aliphatic rings. The Labute approximate surface area is 117 Å². The average molecular weight is 263 g/mol. The largest absolute Gasteiger partial charge is 0.316 e. The van der Waals surface area contributed by atoms with Crippen LogP contribution in [0.1, 0.15) is 39.5 Å². The van der Waals surface area contributed by atoms with Gasteiger partial charge < -0.3 is 5.32 Å². The number of nitrogens with one attached hydrogen (secondary N) is 2. The van der Waals surface area contributed by atoms with Gasteiger partial charge in [0.05, 0.1) is 6.17 Å². The van der Waals surface area contributed by atoms with Crippen molar-refractivity contribution in [3.05, 3.63) is 0 Å². The van der Waals surface area contributed by atoms with E-state index >= 15 is 0 Å². The summed E-state index contributed by atoms with van der Waals surface area (Å²) in [5.41, 5.74) is 0. The summed E-state index contributed by atoms with van der Waals surface area (Å²) in [6.45, 7) is 8.47. The molecule has 7 unspecified atom stereocenters. The van der Waals surface area contributed by atoms with Gasteiger partial charge in [0.2, 0.25) is 0 Å². The lowest BCUT2D eigenvalue weighted by atomic mass is 9.59. The highest BCUT2D eigenvalue weighted by Gasteiger charge is 2.49. The third kappa shape index (κ3) is 1.97. The first-order valence-corrected chi connectivity index (χ1v) is 8.48. The Morgan fingerprint density at radius 1 is 1.05 bits per heavy atom. The van der Waals surface area contributed by atoms with Crippen LogP contribution in [0.2, 0.25) is 0 Å². The van der Waals surface area contributed by atoms with E-state index in [1.54, 1.807) is 0 Å². The predicted octanol–water partition coefficient (Wildman–Crippen LogP) is 1.65. The van der Waals surface area contributed by atoms with Crippen molar-refractivity contribution >= 4 is 0 Å². The van der Waals surface area contributed by atoms with Crippen LogP contribution in [0, 0.1) is 23.7 Å². The Kier molecular flexibility index (Phi) is 3.13. The molecule has 2 saturated heterocycles. The molecule has 0 aromatic rings. The fourth-order valence-corrected chi connectivity index (χ4v) is 5.89. The smallest absolute Gasteiger partial charge is 0.0573 e. The molecule has 0 spiro atoms. The highest BCUT2D eigenvalue weighted by molar-refractivity contribution is 5.04. The van der Waals surface area contributed by atoms with Crippen molar-refractivity contribution in [1.29, 1.82) is 0 Å². The first-order valence-electron chi connectivity index (χ1n) is 8.48. The second kappa shape index (κ2) is 4.71. The highest BCUT2D eigenvalue weighted by atomic mass is 15.4. The van der Waals surface area contributed by atoms with Crippen LogP contribution in [-0.2, 0) is 0 Å². The van der Waals surface area contributed by atoms with E-state index in [9.17, 15) is 0 Å². The van der Waals surface area contributed by atoms with Crippen LogP contribution in [0.3, 0.4) is 0 Å². The van der Waals surface area contributed by atoms with E-state index in [1.165, 1.54) is 45.3 Å². The van der Waals surface area contributed by atoms with E-state index in [0.29, 0.717) is 6.17 Å². The van der Waals surface area contributed by atoms with Crippen molar-refractivity contribution < 1.29 is 0 Å². The normalized spacial score (nSPS) is 53.7. The summed E-state index contributed by atoms with van der Waals surface area (Å²) in [5.74, 6) is 3.99. The second-order valence-electron chi connectivity index (χ2n) is 7.50. The number of fused-ring (bicyclic) bond motifs is 5. The molecule has 2 saturated carbocycles. The Morgan fingerprint density at radius 2 is 1.89 bits per heavy atom. The first-order chi connectivity index (χ1) is 9.26. The monoisotopic (exact) mass is 263 g/mol. The Balaban J connectivity index is 1.55. The molecule has 0 aromatic carbocycles. The number of nitrogens with zero attached hydrogens (tertiary/aromatic N) is 1. The van der Waals surface area contributed by atoms with Crippen molar-refractivity contribution in [3.8, 4) is 0 Å². The minimum Gasteiger partial charge on any atom is -0.316 e. The van der Waals surface area contributed by atoms with E-state index in [1.807, 2.05) is 0 Å².